The first-order chi connectivity index (χ1) is 17.8. The van der Waals surface area contributed by atoms with Crippen LogP contribution >= 0.6 is 0 Å². The van der Waals surface area contributed by atoms with E-state index in [1.54, 1.807) is 48.5 Å². The van der Waals surface area contributed by atoms with E-state index in [1.165, 1.54) is 33.5 Å². The summed E-state index contributed by atoms with van der Waals surface area (Å²) in [4.78, 5) is 24.1. The van der Waals surface area contributed by atoms with Gasteiger partial charge in [0.2, 0.25) is 0 Å². The van der Waals surface area contributed by atoms with Crippen molar-refractivity contribution in [1.29, 1.82) is 0 Å². The Kier molecular flexibility index (Phi) is 8.76. The minimum atomic E-state index is -1.30. The number of nitrogens with two attached hydrogens (primary N) is 1. The Hall–Kier alpha value is -4.93. The van der Waals surface area contributed by atoms with E-state index in [0.29, 0.717) is 33.9 Å². The molecule has 37 heavy (non-hydrogen) atoms. The molecule has 0 fully saturated rings. The maximum Gasteiger partial charge on any atom is 0.333 e. The van der Waals surface area contributed by atoms with Crippen LogP contribution in [-0.4, -0.2) is 44.3 Å². The highest BCUT2D eigenvalue weighted by Gasteiger charge is 2.27. The molecule has 0 radical (unpaired) electrons. The predicted molar refractivity (Wildman–Crippen MR) is 132 cm³/mol. The second kappa shape index (κ2) is 12.2. The summed E-state index contributed by atoms with van der Waals surface area (Å²) < 4.78 is 21.9. The van der Waals surface area contributed by atoms with Crippen LogP contribution in [0.2, 0.25) is 0 Å². The Labute approximate surface area is 213 Å². The van der Waals surface area contributed by atoms with Crippen molar-refractivity contribution in [3.05, 3.63) is 82.9 Å². The summed E-state index contributed by atoms with van der Waals surface area (Å²) in [6.07, 6.45) is 0. The number of carboxylic acids is 1. The van der Waals surface area contributed by atoms with Crippen LogP contribution < -0.4 is 30.4 Å². The van der Waals surface area contributed by atoms with Crippen LogP contribution in [0.3, 0.4) is 0 Å². The minimum Gasteiger partial charge on any atom is -0.545 e. The summed E-state index contributed by atoms with van der Waals surface area (Å²) in [5.41, 5.74) is 7.60. The maximum atomic E-state index is 12.9. The van der Waals surface area contributed by atoms with Crippen LogP contribution in [0.15, 0.2) is 65.8 Å². The molecule has 0 amide bonds. The van der Waals surface area contributed by atoms with Gasteiger partial charge in [0, 0.05) is 22.9 Å². The SMILES string of the molecule is COC(=O)C(Nc1ccc(/C(N)=N/O)cc1)c1cc(OC)c(OC)cc1OCc1cccc(C(=O)[O-])c1. The first-order valence-electron chi connectivity index (χ1n) is 10.9. The maximum absolute atomic E-state index is 12.9. The molecule has 0 heterocycles. The van der Waals surface area contributed by atoms with E-state index in [0.717, 1.165) is 0 Å². The average Bonchev–Trinajstić information content (AvgIpc) is 2.93. The summed E-state index contributed by atoms with van der Waals surface area (Å²) in [7, 11) is 4.18. The van der Waals surface area contributed by atoms with Crippen LogP contribution in [0.5, 0.6) is 17.2 Å². The van der Waals surface area contributed by atoms with Gasteiger partial charge in [-0.25, -0.2) is 4.79 Å². The number of hydrogen-bond donors (Lipinski definition) is 3. The zero-order valence-electron chi connectivity index (χ0n) is 20.4. The fourth-order valence-electron chi connectivity index (χ4n) is 3.52. The van der Waals surface area contributed by atoms with Gasteiger partial charge < -0.3 is 45.1 Å². The monoisotopic (exact) mass is 508 g/mol. The number of hydrogen-bond acceptors (Lipinski definition) is 10. The molecule has 3 aromatic carbocycles. The largest absolute Gasteiger partial charge is 0.545 e. The lowest BCUT2D eigenvalue weighted by Gasteiger charge is -2.23. The van der Waals surface area contributed by atoms with Gasteiger partial charge in [-0.15, -0.1) is 0 Å². The van der Waals surface area contributed by atoms with Crippen LogP contribution in [-0.2, 0) is 16.1 Å². The van der Waals surface area contributed by atoms with Crippen molar-refractivity contribution in [2.75, 3.05) is 26.6 Å². The molecule has 3 rings (SSSR count). The van der Waals surface area contributed by atoms with Crippen molar-refractivity contribution in [1.82, 2.24) is 0 Å². The third-order valence-electron chi connectivity index (χ3n) is 5.42. The van der Waals surface area contributed by atoms with Crippen molar-refractivity contribution in [2.45, 2.75) is 12.6 Å². The fraction of sp³-hybridized carbons (Fsp3) is 0.192. The quantitative estimate of drug-likeness (QED) is 0.115. The van der Waals surface area contributed by atoms with Crippen molar-refractivity contribution >= 4 is 23.5 Å². The minimum absolute atomic E-state index is 0.00797. The molecule has 4 N–H and O–H groups in total. The van der Waals surface area contributed by atoms with Crippen LogP contribution in [0, 0.1) is 0 Å². The highest BCUT2D eigenvalue weighted by atomic mass is 16.5. The number of carbonyl (C=O) groups excluding carboxylic acids is 2. The van der Waals surface area contributed by atoms with Gasteiger partial charge in [0.1, 0.15) is 12.4 Å². The lowest BCUT2D eigenvalue weighted by atomic mass is 10.0. The van der Waals surface area contributed by atoms with Crippen molar-refractivity contribution in [3.63, 3.8) is 0 Å². The normalized spacial score (nSPS) is 11.8. The molecule has 0 aromatic heterocycles. The Balaban J connectivity index is 2.01. The Morgan fingerprint density at radius 1 is 0.973 bits per heavy atom. The Bertz CT molecular complexity index is 1290. The number of nitrogens with one attached hydrogen (secondary N) is 1. The van der Waals surface area contributed by atoms with Crippen molar-refractivity contribution < 1.29 is 38.9 Å². The molecule has 194 valence electrons. The molecule has 0 saturated carbocycles. The van der Waals surface area contributed by atoms with Gasteiger partial charge in [0.25, 0.3) is 0 Å². The lowest BCUT2D eigenvalue weighted by Crippen LogP contribution is -2.23. The number of aromatic carboxylic acids is 1. The number of oxime groups is 1. The van der Waals surface area contributed by atoms with Gasteiger partial charge in [-0.1, -0.05) is 23.4 Å². The number of carboxylic acid groups (broad SMARTS) is 1. The first kappa shape index (κ1) is 26.7. The fourth-order valence-corrected chi connectivity index (χ4v) is 3.52. The van der Waals surface area contributed by atoms with Gasteiger partial charge >= 0.3 is 5.97 Å². The van der Waals surface area contributed by atoms with E-state index in [4.69, 9.17) is 29.9 Å². The first-order valence-corrected chi connectivity index (χ1v) is 10.9. The standard InChI is InChI=1S/C26H27N3O8/c1-34-21-12-19(23(26(32)36-3)28-18-9-7-16(8-10-18)24(27)29-33)20(13-22(21)35-2)37-14-15-5-4-6-17(11-15)25(30)31/h4-13,23,28,33H,14H2,1-3H3,(H2,27,29)(H,30,31)/p-1. The molecule has 0 aliphatic heterocycles. The van der Waals surface area contributed by atoms with E-state index in [-0.39, 0.29) is 23.8 Å². The number of carbonyl (C=O) groups is 2. The van der Waals surface area contributed by atoms with Gasteiger partial charge in [-0.3, -0.25) is 0 Å². The molecule has 1 unspecified atom stereocenters. The second-order valence-corrected chi connectivity index (χ2v) is 7.68. The lowest BCUT2D eigenvalue weighted by molar-refractivity contribution is -0.255. The number of esters is 1. The summed E-state index contributed by atoms with van der Waals surface area (Å²) >= 11 is 0. The molecule has 0 aliphatic rings. The van der Waals surface area contributed by atoms with Crippen LogP contribution in [0.1, 0.15) is 33.1 Å². The van der Waals surface area contributed by atoms with Crippen LogP contribution in [0.4, 0.5) is 5.69 Å². The van der Waals surface area contributed by atoms with E-state index in [2.05, 4.69) is 10.5 Å². The van der Waals surface area contributed by atoms with Gasteiger partial charge in [-0.2, -0.15) is 0 Å². The van der Waals surface area contributed by atoms with Crippen molar-refractivity contribution in [2.24, 2.45) is 10.9 Å². The molecule has 0 bridgehead atoms. The molecule has 11 heteroatoms. The smallest absolute Gasteiger partial charge is 0.333 e. The van der Waals surface area contributed by atoms with E-state index < -0.39 is 18.0 Å². The van der Waals surface area contributed by atoms with Gasteiger partial charge in [0.15, 0.2) is 23.4 Å². The number of amidine groups is 1. The van der Waals surface area contributed by atoms with E-state index in [9.17, 15) is 14.7 Å². The number of methoxy groups -OCH3 is 3. The third kappa shape index (κ3) is 6.40. The molecular formula is C26H26N3O8-. The predicted octanol–water partition coefficient (Wildman–Crippen LogP) is 2.07. The van der Waals surface area contributed by atoms with Gasteiger partial charge in [-0.05, 0) is 47.5 Å². The summed E-state index contributed by atoms with van der Waals surface area (Å²) in [5, 5.41) is 26.2. The number of anilines is 1. The number of ether oxygens (including phenoxy) is 4. The molecule has 3 aromatic rings. The zero-order valence-corrected chi connectivity index (χ0v) is 20.4. The topological polar surface area (TPSA) is 165 Å². The Morgan fingerprint density at radius 2 is 1.65 bits per heavy atom. The molecule has 11 nitrogen and oxygen atoms in total. The Morgan fingerprint density at radius 3 is 2.24 bits per heavy atom. The highest BCUT2D eigenvalue weighted by molar-refractivity contribution is 5.97. The van der Waals surface area contributed by atoms with E-state index >= 15 is 0 Å². The second-order valence-electron chi connectivity index (χ2n) is 7.68. The third-order valence-corrected chi connectivity index (χ3v) is 5.42. The summed E-state index contributed by atoms with van der Waals surface area (Å²) in [6, 6.07) is 14.8. The molecule has 0 saturated heterocycles. The number of benzene rings is 3. The zero-order chi connectivity index (χ0) is 26.9. The summed E-state index contributed by atoms with van der Waals surface area (Å²) in [5.74, 6) is -1.00. The van der Waals surface area contributed by atoms with E-state index in [1.807, 2.05) is 0 Å². The molecular weight excluding hydrogens is 482 g/mol. The average molecular weight is 509 g/mol. The van der Waals surface area contributed by atoms with Crippen LogP contribution in [0.25, 0.3) is 0 Å². The van der Waals surface area contributed by atoms with Gasteiger partial charge in [0.05, 0.1) is 27.3 Å². The molecule has 1 atom stereocenters. The highest BCUT2D eigenvalue weighted by Crippen LogP contribution is 2.39. The summed E-state index contributed by atoms with van der Waals surface area (Å²) in [6.45, 7) is -0.00797. The number of nitrogens with zero attached hydrogens (tertiary/aromatic N) is 1. The molecule has 0 spiro atoms. The van der Waals surface area contributed by atoms with Crippen molar-refractivity contribution in [3.8, 4) is 17.2 Å². The molecule has 0 aliphatic carbocycles. The number of rotatable bonds is 11.